The summed E-state index contributed by atoms with van der Waals surface area (Å²) in [5.74, 6) is 0.432. The molecule has 1 fully saturated rings. The molecular formula is C12H17BrN2O2. The lowest BCUT2D eigenvalue weighted by Gasteiger charge is -2.28. The summed E-state index contributed by atoms with van der Waals surface area (Å²) in [5, 5.41) is 6.38. The largest absolute Gasteiger partial charge is 0.457 e. The fourth-order valence-corrected chi connectivity index (χ4v) is 2.58. The average Bonchev–Trinajstić information content (AvgIpc) is 2.76. The van der Waals surface area contributed by atoms with E-state index in [2.05, 4.69) is 33.5 Å². The highest BCUT2D eigenvalue weighted by atomic mass is 79.9. The van der Waals surface area contributed by atoms with Gasteiger partial charge in [0.25, 0.3) is 5.91 Å². The van der Waals surface area contributed by atoms with Gasteiger partial charge in [-0.15, -0.1) is 0 Å². The zero-order chi connectivity index (χ0) is 12.3. The SMILES string of the molecule is CC(NC(=O)c1ccoc1Br)C1CCCNC1. The minimum Gasteiger partial charge on any atom is -0.457 e. The molecule has 2 unspecified atom stereocenters. The highest BCUT2D eigenvalue weighted by molar-refractivity contribution is 9.10. The fourth-order valence-electron chi connectivity index (χ4n) is 2.16. The van der Waals surface area contributed by atoms with Crippen molar-refractivity contribution in [1.29, 1.82) is 0 Å². The Morgan fingerprint density at radius 1 is 1.71 bits per heavy atom. The van der Waals surface area contributed by atoms with Crippen LogP contribution in [0.2, 0.25) is 0 Å². The lowest BCUT2D eigenvalue weighted by molar-refractivity contribution is 0.0920. The van der Waals surface area contributed by atoms with Crippen LogP contribution in [0.3, 0.4) is 0 Å². The summed E-state index contributed by atoms with van der Waals surface area (Å²) in [5.41, 5.74) is 0.556. The highest BCUT2D eigenvalue weighted by Crippen LogP contribution is 2.19. The van der Waals surface area contributed by atoms with Crippen molar-refractivity contribution in [3.63, 3.8) is 0 Å². The molecule has 4 nitrogen and oxygen atoms in total. The molecule has 1 aliphatic heterocycles. The van der Waals surface area contributed by atoms with Gasteiger partial charge in [0.05, 0.1) is 11.8 Å². The van der Waals surface area contributed by atoms with Crippen molar-refractivity contribution < 1.29 is 9.21 Å². The number of furan rings is 1. The lowest BCUT2D eigenvalue weighted by Crippen LogP contribution is -2.44. The second-order valence-corrected chi connectivity index (χ2v) is 5.20. The molecule has 1 amide bonds. The van der Waals surface area contributed by atoms with Gasteiger partial charge in [0.15, 0.2) is 4.67 Å². The maximum atomic E-state index is 12.0. The number of amides is 1. The molecular weight excluding hydrogens is 284 g/mol. The summed E-state index contributed by atoms with van der Waals surface area (Å²) < 4.78 is 5.55. The number of halogens is 1. The van der Waals surface area contributed by atoms with Crippen molar-refractivity contribution in [1.82, 2.24) is 10.6 Å². The van der Waals surface area contributed by atoms with Gasteiger partial charge in [0, 0.05) is 6.04 Å². The Morgan fingerprint density at radius 3 is 3.12 bits per heavy atom. The summed E-state index contributed by atoms with van der Waals surface area (Å²) in [7, 11) is 0. The average molecular weight is 301 g/mol. The first-order valence-electron chi connectivity index (χ1n) is 5.93. The summed E-state index contributed by atoms with van der Waals surface area (Å²) in [6.07, 6.45) is 3.85. The zero-order valence-corrected chi connectivity index (χ0v) is 11.4. The number of piperidine rings is 1. The quantitative estimate of drug-likeness (QED) is 0.899. The van der Waals surface area contributed by atoms with E-state index in [1.807, 2.05) is 0 Å². The molecule has 0 radical (unpaired) electrons. The Hall–Kier alpha value is -0.810. The van der Waals surface area contributed by atoms with Gasteiger partial charge in [-0.2, -0.15) is 0 Å². The van der Waals surface area contributed by atoms with Crippen LogP contribution in [-0.2, 0) is 0 Å². The van der Waals surface area contributed by atoms with Crippen LogP contribution in [0, 0.1) is 5.92 Å². The van der Waals surface area contributed by atoms with E-state index in [1.54, 1.807) is 6.07 Å². The van der Waals surface area contributed by atoms with Crippen LogP contribution in [-0.4, -0.2) is 25.0 Å². The van der Waals surface area contributed by atoms with Crippen LogP contribution in [0.1, 0.15) is 30.1 Å². The van der Waals surface area contributed by atoms with E-state index in [9.17, 15) is 4.79 Å². The van der Waals surface area contributed by atoms with Gasteiger partial charge in [0.2, 0.25) is 0 Å². The second kappa shape index (κ2) is 5.69. The molecule has 2 N–H and O–H groups in total. The fraction of sp³-hybridized carbons (Fsp3) is 0.583. The van der Waals surface area contributed by atoms with Crippen LogP contribution in [0.4, 0.5) is 0 Å². The normalized spacial score (nSPS) is 22.1. The first-order valence-corrected chi connectivity index (χ1v) is 6.72. The van der Waals surface area contributed by atoms with Gasteiger partial charge in [-0.1, -0.05) is 0 Å². The third-order valence-electron chi connectivity index (χ3n) is 3.26. The van der Waals surface area contributed by atoms with E-state index < -0.39 is 0 Å². The molecule has 5 heteroatoms. The van der Waals surface area contributed by atoms with Gasteiger partial charge >= 0.3 is 0 Å². The third kappa shape index (κ3) is 3.10. The second-order valence-electron chi connectivity index (χ2n) is 4.48. The van der Waals surface area contributed by atoms with E-state index in [4.69, 9.17) is 4.42 Å². The van der Waals surface area contributed by atoms with Crippen molar-refractivity contribution in [2.24, 2.45) is 5.92 Å². The van der Waals surface area contributed by atoms with Crippen LogP contribution in [0.15, 0.2) is 21.4 Å². The molecule has 0 bridgehead atoms. The first-order chi connectivity index (χ1) is 8.18. The van der Waals surface area contributed by atoms with Gasteiger partial charge in [-0.05, 0) is 60.8 Å². The molecule has 2 rings (SSSR count). The molecule has 2 heterocycles. The van der Waals surface area contributed by atoms with E-state index in [1.165, 1.54) is 19.1 Å². The lowest BCUT2D eigenvalue weighted by atomic mass is 9.93. The van der Waals surface area contributed by atoms with Crippen LogP contribution >= 0.6 is 15.9 Å². The Kier molecular flexibility index (Phi) is 4.23. The predicted molar refractivity (Wildman–Crippen MR) is 68.9 cm³/mol. The number of hydrogen-bond acceptors (Lipinski definition) is 3. The summed E-state index contributed by atoms with van der Waals surface area (Å²) in [6.45, 7) is 4.13. The number of nitrogens with one attached hydrogen (secondary N) is 2. The smallest absolute Gasteiger partial charge is 0.255 e. The monoisotopic (exact) mass is 300 g/mol. The number of carbonyl (C=O) groups is 1. The molecule has 1 aliphatic rings. The molecule has 17 heavy (non-hydrogen) atoms. The standard InChI is InChI=1S/C12H17BrN2O2/c1-8(9-3-2-5-14-7-9)15-12(16)10-4-6-17-11(10)13/h4,6,8-9,14H,2-3,5,7H2,1H3,(H,15,16). The van der Waals surface area contributed by atoms with E-state index >= 15 is 0 Å². The molecule has 0 aromatic carbocycles. The zero-order valence-electron chi connectivity index (χ0n) is 9.83. The van der Waals surface area contributed by atoms with Crippen LogP contribution in [0.25, 0.3) is 0 Å². The van der Waals surface area contributed by atoms with Gasteiger partial charge in [-0.25, -0.2) is 0 Å². The van der Waals surface area contributed by atoms with Crippen molar-refractivity contribution in [2.75, 3.05) is 13.1 Å². The Bertz CT molecular complexity index is 386. The van der Waals surface area contributed by atoms with Gasteiger partial charge in [0.1, 0.15) is 0 Å². The third-order valence-corrected chi connectivity index (χ3v) is 3.88. The molecule has 1 saturated heterocycles. The molecule has 1 aromatic rings. The first kappa shape index (κ1) is 12.6. The number of hydrogen-bond donors (Lipinski definition) is 2. The van der Waals surface area contributed by atoms with Crippen molar-refractivity contribution in [3.05, 3.63) is 22.6 Å². The highest BCUT2D eigenvalue weighted by Gasteiger charge is 2.22. The summed E-state index contributed by atoms with van der Waals surface area (Å²) in [4.78, 5) is 12.0. The van der Waals surface area contributed by atoms with Crippen molar-refractivity contribution >= 4 is 21.8 Å². The van der Waals surface area contributed by atoms with Gasteiger partial charge < -0.3 is 15.1 Å². The Balaban J connectivity index is 1.92. The minimum absolute atomic E-state index is 0.0799. The maximum absolute atomic E-state index is 12.0. The summed E-state index contributed by atoms with van der Waals surface area (Å²) >= 11 is 3.21. The van der Waals surface area contributed by atoms with Crippen molar-refractivity contribution in [2.45, 2.75) is 25.8 Å². The number of carbonyl (C=O) groups excluding carboxylic acids is 1. The Labute approximate surface area is 109 Å². The van der Waals surface area contributed by atoms with Crippen LogP contribution in [0.5, 0.6) is 0 Å². The van der Waals surface area contributed by atoms with Gasteiger partial charge in [-0.3, -0.25) is 4.79 Å². The molecule has 0 aliphatic carbocycles. The topological polar surface area (TPSA) is 54.3 Å². The predicted octanol–water partition coefficient (Wildman–Crippen LogP) is 2.16. The Morgan fingerprint density at radius 2 is 2.53 bits per heavy atom. The van der Waals surface area contributed by atoms with E-state index in [0.717, 1.165) is 13.1 Å². The maximum Gasteiger partial charge on any atom is 0.255 e. The van der Waals surface area contributed by atoms with E-state index in [0.29, 0.717) is 16.2 Å². The van der Waals surface area contributed by atoms with Crippen molar-refractivity contribution in [3.8, 4) is 0 Å². The van der Waals surface area contributed by atoms with Crippen LogP contribution < -0.4 is 10.6 Å². The summed E-state index contributed by atoms with van der Waals surface area (Å²) in [6, 6.07) is 1.85. The molecule has 1 aromatic heterocycles. The van der Waals surface area contributed by atoms with E-state index in [-0.39, 0.29) is 11.9 Å². The molecule has 94 valence electrons. The molecule has 2 atom stereocenters. The molecule has 0 spiro atoms. The minimum atomic E-state index is -0.0799. The molecule has 0 saturated carbocycles. The number of rotatable bonds is 3.